The molecule has 0 heterocycles. The third-order valence-corrected chi connectivity index (χ3v) is 8.72. The molecule has 0 amide bonds. The van der Waals surface area contributed by atoms with Gasteiger partial charge in [0.05, 0.1) is 0 Å². The van der Waals surface area contributed by atoms with Crippen molar-refractivity contribution in [2.45, 2.75) is 214 Å². The van der Waals surface area contributed by atoms with E-state index in [0.29, 0.717) is 19.3 Å². The van der Waals surface area contributed by atoms with E-state index < -0.39 is 6.10 Å². The van der Waals surface area contributed by atoms with Crippen molar-refractivity contribution < 1.29 is 28.6 Å². The van der Waals surface area contributed by atoms with E-state index in [1.54, 1.807) is 0 Å². The van der Waals surface area contributed by atoms with Gasteiger partial charge in [-0.05, 0) is 31.1 Å². The Morgan fingerprint density at radius 2 is 0.717 bits per heavy atom. The molecule has 0 aromatic carbocycles. The van der Waals surface area contributed by atoms with Gasteiger partial charge in [-0.3, -0.25) is 14.4 Å². The summed E-state index contributed by atoms with van der Waals surface area (Å²) in [5.41, 5.74) is 0. The molecule has 0 aliphatic carbocycles. The summed E-state index contributed by atoms with van der Waals surface area (Å²) in [6.45, 7) is 11.2. The van der Waals surface area contributed by atoms with Gasteiger partial charge in [-0.1, -0.05) is 169 Å². The highest BCUT2D eigenvalue weighted by Gasteiger charge is 2.19. The predicted octanol–water partition coefficient (Wildman–Crippen LogP) is 11.8. The molecule has 0 rings (SSSR count). The van der Waals surface area contributed by atoms with Gasteiger partial charge in [-0.25, -0.2) is 0 Å². The second-order valence-corrected chi connectivity index (χ2v) is 14.5. The molecule has 6 nitrogen and oxygen atoms in total. The molecular weight excluding hydrogens is 576 g/mol. The molecule has 272 valence electrons. The third-order valence-electron chi connectivity index (χ3n) is 8.72. The maximum absolute atomic E-state index is 12.6. The summed E-state index contributed by atoms with van der Waals surface area (Å²) in [5.74, 6) is 0.721. The molecule has 0 N–H and O–H groups in total. The Kier molecular flexibility index (Phi) is 32.2. The van der Waals surface area contributed by atoms with Gasteiger partial charge in [0.2, 0.25) is 0 Å². The molecule has 0 aliphatic rings. The van der Waals surface area contributed by atoms with Crippen molar-refractivity contribution in [3.8, 4) is 0 Å². The third kappa shape index (κ3) is 33.8. The molecule has 0 saturated carbocycles. The van der Waals surface area contributed by atoms with E-state index in [-0.39, 0.29) is 31.1 Å². The minimum atomic E-state index is -0.758. The molecule has 46 heavy (non-hydrogen) atoms. The lowest BCUT2D eigenvalue weighted by Crippen LogP contribution is -2.30. The van der Waals surface area contributed by atoms with Crippen LogP contribution >= 0.6 is 0 Å². The van der Waals surface area contributed by atoms with Crippen LogP contribution in [0.3, 0.4) is 0 Å². The molecular formula is C40H76O6. The van der Waals surface area contributed by atoms with Gasteiger partial charge in [0.15, 0.2) is 6.10 Å². The Bertz CT molecular complexity index is 704. The largest absolute Gasteiger partial charge is 0.462 e. The minimum absolute atomic E-state index is 0.0676. The molecule has 0 saturated heterocycles. The molecule has 0 unspecified atom stereocenters. The lowest BCUT2D eigenvalue weighted by atomic mass is 10.0. The van der Waals surface area contributed by atoms with E-state index in [2.05, 4.69) is 34.6 Å². The first-order chi connectivity index (χ1) is 22.2. The number of ether oxygens (including phenoxy) is 3. The number of hydrogen-bond donors (Lipinski definition) is 0. The standard InChI is InChI=1S/C40H76O6/c1-6-7-8-18-25-30-38(41)44-33-37(34-45-39(42)31-26-21-16-13-12-15-20-24-29-36(4)5)46-40(43)32-27-22-17-11-9-10-14-19-23-28-35(2)3/h35-37H,6-34H2,1-5H3/t37-/m1/s1. The molecule has 6 heteroatoms. The molecule has 0 bridgehead atoms. The summed E-state index contributed by atoms with van der Waals surface area (Å²) in [7, 11) is 0. The summed E-state index contributed by atoms with van der Waals surface area (Å²) in [6.07, 6.45) is 28.4. The number of rotatable bonds is 34. The van der Waals surface area contributed by atoms with Crippen LogP contribution in [0.5, 0.6) is 0 Å². The maximum Gasteiger partial charge on any atom is 0.306 e. The van der Waals surface area contributed by atoms with E-state index in [4.69, 9.17) is 14.2 Å². The van der Waals surface area contributed by atoms with Crippen LogP contribution < -0.4 is 0 Å². The highest BCUT2D eigenvalue weighted by Crippen LogP contribution is 2.15. The Balaban J connectivity index is 4.28. The summed E-state index contributed by atoms with van der Waals surface area (Å²) in [5, 5.41) is 0. The SMILES string of the molecule is CCCCCCCC(=O)OC[C@H](COC(=O)CCCCCCCCCCC(C)C)OC(=O)CCCCCCCCCCCC(C)C. The van der Waals surface area contributed by atoms with E-state index in [1.165, 1.54) is 89.9 Å². The zero-order valence-electron chi connectivity index (χ0n) is 31.2. The van der Waals surface area contributed by atoms with E-state index in [0.717, 1.165) is 76.0 Å². The second-order valence-electron chi connectivity index (χ2n) is 14.5. The molecule has 0 aliphatic heterocycles. The summed E-state index contributed by atoms with van der Waals surface area (Å²) in [4.78, 5) is 37.2. The Labute approximate surface area is 285 Å². The zero-order valence-corrected chi connectivity index (χ0v) is 31.2. The van der Waals surface area contributed by atoms with Gasteiger partial charge in [0.1, 0.15) is 13.2 Å². The van der Waals surface area contributed by atoms with E-state index in [9.17, 15) is 14.4 Å². The van der Waals surface area contributed by atoms with Gasteiger partial charge >= 0.3 is 17.9 Å². The number of carbonyl (C=O) groups is 3. The predicted molar refractivity (Wildman–Crippen MR) is 192 cm³/mol. The smallest absolute Gasteiger partial charge is 0.306 e. The lowest BCUT2D eigenvalue weighted by molar-refractivity contribution is -0.167. The topological polar surface area (TPSA) is 78.9 Å². The highest BCUT2D eigenvalue weighted by atomic mass is 16.6. The highest BCUT2D eigenvalue weighted by molar-refractivity contribution is 5.71. The Hall–Kier alpha value is -1.59. The minimum Gasteiger partial charge on any atom is -0.462 e. The van der Waals surface area contributed by atoms with Crippen molar-refractivity contribution in [3.63, 3.8) is 0 Å². The van der Waals surface area contributed by atoms with Crippen molar-refractivity contribution in [1.29, 1.82) is 0 Å². The summed E-state index contributed by atoms with van der Waals surface area (Å²) in [6, 6.07) is 0. The number of unbranched alkanes of at least 4 members (excludes halogenated alkanes) is 19. The molecule has 0 fully saturated rings. The quantitative estimate of drug-likeness (QED) is 0.0391. The fourth-order valence-electron chi connectivity index (χ4n) is 5.69. The fraction of sp³-hybridized carbons (Fsp3) is 0.925. The summed E-state index contributed by atoms with van der Waals surface area (Å²) >= 11 is 0. The monoisotopic (exact) mass is 653 g/mol. The van der Waals surface area contributed by atoms with Crippen LogP contribution in [0.2, 0.25) is 0 Å². The average molecular weight is 653 g/mol. The van der Waals surface area contributed by atoms with Crippen LogP contribution in [-0.2, 0) is 28.6 Å². The first-order valence-corrected chi connectivity index (χ1v) is 19.7. The van der Waals surface area contributed by atoms with E-state index >= 15 is 0 Å². The van der Waals surface area contributed by atoms with Crippen molar-refractivity contribution in [2.24, 2.45) is 11.8 Å². The molecule has 0 spiro atoms. The van der Waals surface area contributed by atoms with E-state index in [1.807, 2.05) is 0 Å². The average Bonchev–Trinajstić information content (AvgIpc) is 3.01. The van der Waals surface area contributed by atoms with Gasteiger partial charge in [-0.15, -0.1) is 0 Å². The van der Waals surface area contributed by atoms with Crippen LogP contribution in [0.25, 0.3) is 0 Å². The van der Waals surface area contributed by atoms with Crippen molar-refractivity contribution in [2.75, 3.05) is 13.2 Å². The van der Waals surface area contributed by atoms with Crippen molar-refractivity contribution >= 4 is 17.9 Å². The summed E-state index contributed by atoms with van der Waals surface area (Å²) < 4.78 is 16.5. The molecule has 1 atom stereocenters. The van der Waals surface area contributed by atoms with Gasteiger partial charge < -0.3 is 14.2 Å². The van der Waals surface area contributed by atoms with Gasteiger partial charge in [0.25, 0.3) is 0 Å². The van der Waals surface area contributed by atoms with Crippen LogP contribution in [-0.4, -0.2) is 37.2 Å². The van der Waals surface area contributed by atoms with Crippen molar-refractivity contribution in [3.05, 3.63) is 0 Å². The lowest BCUT2D eigenvalue weighted by Gasteiger charge is -2.18. The molecule has 0 aromatic heterocycles. The van der Waals surface area contributed by atoms with Crippen LogP contribution in [0.15, 0.2) is 0 Å². The van der Waals surface area contributed by atoms with Gasteiger partial charge in [-0.2, -0.15) is 0 Å². The van der Waals surface area contributed by atoms with Crippen LogP contribution in [0.4, 0.5) is 0 Å². The Morgan fingerprint density at radius 1 is 0.413 bits per heavy atom. The maximum atomic E-state index is 12.6. The normalized spacial score (nSPS) is 12.1. The van der Waals surface area contributed by atoms with Crippen molar-refractivity contribution in [1.82, 2.24) is 0 Å². The van der Waals surface area contributed by atoms with Gasteiger partial charge in [0, 0.05) is 19.3 Å². The fourth-order valence-corrected chi connectivity index (χ4v) is 5.69. The number of hydrogen-bond acceptors (Lipinski definition) is 6. The zero-order chi connectivity index (χ0) is 34.1. The first-order valence-electron chi connectivity index (χ1n) is 19.7. The van der Waals surface area contributed by atoms with Crippen LogP contribution in [0.1, 0.15) is 208 Å². The molecule has 0 aromatic rings. The Morgan fingerprint density at radius 3 is 1.07 bits per heavy atom. The molecule has 0 radical (unpaired) electrons. The number of carbonyl (C=O) groups excluding carboxylic acids is 3. The van der Waals surface area contributed by atoms with Crippen LogP contribution in [0, 0.1) is 11.8 Å². The first kappa shape index (κ1) is 44.4. The number of esters is 3. The second kappa shape index (κ2) is 33.3.